The summed E-state index contributed by atoms with van der Waals surface area (Å²) < 4.78 is 0. The Labute approximate surface area is 549 Å². The minimum atomic E-state index is -1.84. The summed E-state index contributed by atoms with van der Waals surface area (Å²) in [5, 5.41) is 61.6. The Morgan fingerprint density at radius 3 is 1.59 bits per heavy atom. The van der Waals surface area contributed by atoms with Crippen LogP contribution >= 0.6 is 12.6 Å². The maximum atomic E-state index is 14.1. The molecule has 2 aromatic rings. The number of carbonyl (C=O) groups is 14. The van der Waals surface area contributed by atoms with Crippen molar-refractivity contribution in [3.63, 3.8) is 0 Å². The molecule has 0 aliphatic carbocycles. The first kappa shape index (κ1) is 79.4. The SMILES string of the molecule is CC(C)C[C@H](C)C(=O)C[C@@H](Cc1ccc(O)cc1)C(=O)N[C@@H](CCCN=C(N)N)C(=O)C[C@@H](C)C(=O)N[C@@H](CC(N)=O)C(=O)CCC(=O)N[C@@H](CC(=O)O)C(=O)C[C@@H](CO)C(=O)N1CCC[C@H]1C(=O)N[C@@H](CS)C(=O)C[C@@H](Cc1ccc(O)cc1)C(=O)N[C@@H](CO)C(N)=O. The quantitative estimate of drug-likeness (QED) is 0.0155. The predicted octanol–water partition coefficient (Wildman–Crippen LogP) is -1.55. The summed E-state index contributed by atoms with van der Waals surface area (Å²) in [5.41, 5.74) is 22.8. The molecule has 31 heteroatoms. The number of nitrogens with two attached hydrogens (primary N) is 4. The average Bonchev–Trinajstić information content (AvgIpc) is 2.03. The lowest BCUT2D eigenvalue weighted by Crippen LogP contribution is -2.53. The van der Waals surface area contributed by atoms with Crippen LogP contribution in [0.1, 0.15) is 122 Å². The highest BCUT2D eigenvalue weighted by atomic mass is 32.1. The van der Waals surface area contributed by atoms with Gasteiger partial charge in [0.05, 0.1) is 56.1 Å². The van der Waals surface area contributed by atoms with Crippen LogP contribution in [0.15, 0.2) is 53.5 Å². The number of phenols is 2. The van der Waals surface area contributed by atoms with Crippen LogP contribution in [-0.4, -0.2) is 187 Å². The second kappa shape index (κ2) is 39.6. The zero-order valence-corrected chi connectivity index (χ0v) is 54.2. The number of aromatic hydroxyl groups is 2. The van der Waals surface area contributed by atoms with Gasteiger partial charge in [-0.1, -0.05) is 52.0 Å². The maximum Gasteiger partial charge on any atom is 0.305 e. The number of hydrogen-bond acceptors (Lipinski definition) is 20. The molecule has 0 saturated carbocycles. The fourth-order valence-corrected chi connectivity index (χ4v) is 11.0. The zero-order chi connectivity index (χ0) is 70.5. The molecule has 0 bridgehead atoms. The van der Waals surface area contributed by atoms with Crippen molar-refractivity contribution in [2.24, 2.45) is 63.4 Å². The largest absolute Gasteiger partial charge is 0.508 e. The van der Waals surface area contributed by atoms with Gasteiger partial charge in [-0.3, -0.25) is 72.1 Å². The third-order valence-corrected chi connectivity index (χ3v) is 16.2. The molecular weight excluding hydrogens is 1250 g/mol. The van der Waals surface area contributed by atoms with Gasteiger partial charge in [-0.2, -0.15) is 12.6 Å². The van der Waals surface area contributed by atoms with Crippen molar-refractivity contribution in [1.82, 2.24) is 31.5 Å². The topological polar surface area (TPSA) is 520 Å². The number of hydrogen-bond donors (Lipinski definition) is 15. The summed E-state index contributed by atoms with van der Waals surface area (Å²) in [5.74, 6) is -18.1. The fourth-order valence-electron chi connectivity index (χ4n) is 10.7. The van der Waals surface area contributed by atoms with Crippen molar-refractivity contribution in [2.75, 3.05) is 32.1 Å². The molecule has 0 unspecified atom stereocenters. The monoisotopic (exact) mass is 1340 g/mol. The van der Waals surface area contributed by atoms with Crippen molar-refractivity contribution in [1.29, 1.82) is 0 Å². The fraction of sp³-hybridized carbons (Fsp3) is 0.571. The number of thiol groups is 1. The zero-order valence-electron chi connectivity index (χ0n) is 53.3. The molecule has 11 atom stereocenters. The van der Waals surface area contributed by atoms with Gasteiger partial charge >= 0.3 is 5.97 Å². The summed E-state index contributed by atoms with van der Waals surface area (Å²) in [6, 6.07) is 2.92. The van der Waals surface area contributed by atoms with Crippen LogP contribution in [0.5, 0.6) is 11.5 Å². The number of benzene rings is 2. The Bertz CT molecular complexity index is 3030. The molecule has 1 saturated heterocycles. The van der Waals surface area contributed by atoms with Crippen molar-refractivity contribution >= 4 is 101 Å². The van der Waals surface area contributed by atoms with Crippen LogP contribution < -0.4 is 49.5 Å². The van der Waals surface area contributed by atoms with Crippen LogP contribution in [0, 0.1) is 35.5 Å². The van der Waals surface area contributed by atoms with E-state index in [4.69, 9.17) is 22.9 Å². The number of aliphatic hydroxyl groups excluding tert-OH is 2. The van der Waals surface area contributed by atoms with E-state index in [0.29, 0.717) is 17.5 Å². The number of likely N-dealkylation sites (tertiary alicyclic amines) is 1. The number of carbonyl (C=O) groups excluding carboxylic acids is 13. The number of nitrogens with zero attached hydrogens (tertiary/aromatic N) is 2. The normalized spacial score (nSPS) is 16.0. The Hall–Kier alpha value is -8.84. The molecule has 94 heavy (non-hydrogen) atoms. The first-order chi connectivity index (χ1) is 44.3. The van der Waals surface area contributed by atoms with Crippen molar-refractivity contribution < 1.29 is 92.7 Å². The van der Waals surface area contributed by atoms with E-state index in [0.717, 1.165) is 4.90 Å². The maximum absolute atomic E-state index is 14.1. The van der Waals surface area contributed by atoms with Crippen molar-refractivity contribution in [2.45, 2.75) is 160 Å². The number of primary amides is 2. The molecule has 1 fully saturated rings. The second-order valence-corrected chi connectivity index (χ2v) is 24.5. The number of carboxylic acids is 1. The Morgan fingerprint density at radius 1 is 0.574 bits per heavy atom. The lowest BCUT2D eigenvalue weighted by atomic mass is 9.86. The van der Waals surface area contributed by atoms with E-state index in [9.17, 15) is 92.7 Å². The number of carboxylic acid groups (broad SMARTS) is 1. The molecule has 518 valence electrons. The lowest BCUT2D eigenvalue weighted by molar-refractivity contribution is -0.145. The summed E-state index contributed by atoms with van der Waals surface area (Å²) in [4.78, 5) is 192. The smallest absolute Gasteiger partial charge is 0.305 e. The van der Waals surface area contributed by atoms with Gasteiger partial charge in [-0.15, -0.1) is 0 Å². The van der Waals surface area contributed by atoms with Gasteiger partial charge in [0.25, 0.3) is 0 Å². The van der Waals surface area contributed by atoms with E-state index < -0.39 is 194 Å². The molecule has 30 nitrogen and oxygen atoms in total. The van der Waals surface area contributed by atoms with Gasteiger partial charge in [0.1, 0.15) is 29.4 Å². The minimum absolute atomic E-state index is 0.00978. The molecule has 18 N–H and O–H groups in total. The first-order valence-electron chi connectivity index (χ1n) is 31.0. The lowest BCUT2D eigenvalue weighted by Gasteiger charge is -2.29. The summed E-state index contributed by atoms with van der Waals surface area (Å²) in [7, 11) is 0. The number of Topliss-reactive ketones (excluding diaryl/α,β-unsaturated/α-hetero) is 5. The van der Waals surface area contributed by atoms with Gasteiger partial charge in [-0.25, -0.2) is 0 Å². The van der Waals surface area contributed by atoms with Crippen LogP contribution in [0.2, 0.25) is 0 Å². The van der Waals surface area contributed by atoms with Gasteiger partial charge in [-0.05, 0) is 86.3 Å². The third-order valence-electron chi connectivity index (χ3n) is 15.9. The van der Waals surface area contributed by atoms with Gasteiger partial charge in [0.2, 0.25) is 47.3 Å². The molecule has 2 aromatic carbocycles. The number of amides is 8. The number of ketones is 5. The summed E-state index contributed by atoms with van der Waals surface area (Å²) in [6.45, 7) is 5.20. The summed E-state index contributed by atoms with van der Waals surface area (Å²) >= 11 is 4.23. The summed E-state index contributed by atoms with van der Waals surface area (Å²) in [6.07, 6.45) is -4.32. The van der Waals surface area contributed by atoms with E-state index in [-0.39, 0.29) is 98.9 Å². The Kier molecular flexibility index (Phi) is 33.5. The van der Waals surface area contributed by atoms with Gasteiger partial charge in [0, 0.05) is 81.0 Å². The molecule has 8 amide bonds. The molecule has 3 rings (SSSR count). The van der Waals surface area contributed by atoms with Gasteiger partial charge in [0.15, 0.2) is 29.1 Å². The first-order valence-corrected chi connectivity index (χ1v) is 31.6. The van der Waals surface area contributed by atoms with E-state index >= 15 is 0 Å². The van der Waals surface area contributed by atoms with Crippen molar-refractivity contribution in [3.8, 4) is 11.5 Å². The van der Waals surface area contributed by atoms with E-state index in [2.05, 4.69) is 44.2 Å². The molecule has 0 aromatic heterocycles. The number of aliphatic imine (C=N–C) groups is 1. The average molecular weight is 1340 g/mol. The Morgan fingerprint density at radius 2 is 1.09 bits per heavy atom. The van der Waals surface area contributed by atoms with Gasteiger partial charge < -0.3 is 80.0 Å². The number of aliphatic hydroxyl groups is 2. The van der Waals surface area contributed by atoms with Crippen molar-refractivity contribution in [3.05, 3.63) is 59.7 Å². The van der Waals surface area contributed by atoms with Crippen LogP contribution in [0.3, 0.4) is 0 Å². The number of guanidine groups is 1. The molecule has 0 spiro atoms. The molecule has 0 radical (unpaired) electrons. The molecule has 1 aliphatic rings. The Balaban J connectivity index is 1.71. The minimum Gasteiger partial charge on any atom is -0.508 e. The number of aliphatic carboxylic acids is 1. The van der Waals surface area contributed by atoms with E-state index in [1.807, 2.05) is 13.8 Å². The predicted molar refractivity (Wildman–Crippen MR) is 342 cm³/mol. The van der Waals surface area contributed by atoms with E-state index in [1.165, 1.54) is 43.3 Å². The number of nitrogens with one attached hydrogen (secondary N) is 5. The van der Waals surface area contributed by atoms with E-state index in [1.54, 1.807) is 19.1 Å². The van der Waals surface area contributed by atoms with Crippen LogP contribution in [-0.2, 0) is 80.0 Å². The third kappa shape index (κ3) is 27.4. The molecule has 1 aliphatic heterocycles. The highest BCUT2D eigenvalue weighted by Gasteiger charge is 2.41. The number of phenolic OH excluding ortho intramolecular Hbond substituents is 2. The highest BCUT2D eigenvalue weighted by Crippen LogP contribution is 2.26. The standard InChI is InChI=1S/C63H91N11O19S/c1-33(2)21-34(3)50(80)25-38(23-36-9-13-41(77)14-10-36)59(90)70-43(7-5-19-68-63(66)67)51(81)22-35(4)58(89)71-44(28-54(64)84)49(79)17-18-55(85)69-45(29-56(86)87)52(82)27-40(30-75)62(93)74-20-6-8-48(74)61(92)73-47(32-94)53(83)26-39(24-37-11-15-42(78)16-12-37)60(91)72-46(31-76)57(65)88/h9-16,33-35,38-40,43-48,75-78,94H,5-8,17-32H2,1-4H3,(H2,64,84)(H2,65,88)(H,69,85)(H,70,90)(H,71,89)(H,72,91)(H,73,92)(H,86,87)(H4,66,67,68)/t34-,35+,38+,39+,40-,43-,44-,45-,46-,47-,48-/m0/s1. The number of rotatable bonds is 44. The molecule has 1 heterocycles. The van der Waals surface area contributed by atoms with Crippen LogP contribution in [0.4, 0.5) is 0 Å². The molecular formula is C63H91N11O19S. The highest BCUT2D eigenvalue weighted by molar-refractivity contribution is 7.80. The second-order valence-electron chi connectivity index (χ2n) is 24.1. The van der Waals surface area contributed by atoms with Crippen LogP contribution in [0.25, 0.3) is 0 Å².